The van der Waals surface area contributed by atoms with Gasteiger partial charge < -0.3 is 10.1 Å². The number of hydrogen-bond donors (Lipinski definition) is 1. The normalized spacial score (nSPS) is 10.3. The summed E-state index contributed by atoms with van der Waals surface area (Å²) < 4.78 is 5.74. The molecule has 0 unspecified atom stereocenters. The number of nitrogens with one attached hydrogen (secondary N) is 1. The van der Waals surface area contributed by atoms with Gasteiger partial charge in [-0.15, -0.1) is 0 Å². The molecule has 0 spiro atoms. The Bertz CT molecular complexity index is 346. The van der Waals surface area contributed by atoms with Crippen LogP contribution >= 0.6 is 15.9 Å². The van der Waals surface area contributed by atoms with Gasteiger partial charge in [-0.25, -0.2) is 4.79 Å². The summed E-state index contributed by atoms with van der Waals surface area (Å²) in [5.41, 5.74) is 0.916. The summed E-state index contributed by atoms with van der Waals surface area (Å²) in [7, 11) is 0. The Balaban J connectivity index is 2.43. The van der Waals surface area contributed by atoms with Crippen molar-refractivity contribution in [1.29, 1.82) is 0 Å². The zero-order valence-electron chi connectivity index (χ0n) is 8.37. The van der Waals surface area contributed by atoms with E-state index < -0.39 is 0 Å². The van der Waals surface area contributed by atoms with Crippen molar-refractivity contribution >= 4 is 27.6 Å². The van der Waals surface area contributed by atoms with Gasteiger partial charge in [0, 0.05) is 22.4 Å². The van der Waals surface area contributed by atoms with Crippen molar-refractivity contribution in [3.8, 4) is 0 Å². The van der Waals surface area contributed by atoms with E-state index in [-0.39, 0.29) is 5.97 Å². The zero-order chi connectivity index (χ0) is 11.1. The van der Waals surface area contributed by atoms with E-state index in [9.17, 15) is 4.79 Å². The Kier molecular flexibility index (Phi) is 4.90. The van der Waals surface area contributed by atoms with Crippen molar-refractivity contribution < 1.29 is 9.53 Å². The molecule has 0 aliphatic heterocycles. The molecular formula is C11H12BrNO2. The second kappa shape index (κ2) is 6.24. The Labute approximate surface area is 97.3 Å². The molecule has 1 N–H and O–H groups in total. The number of rotatable bonds is 4. The summed E-state index contributed by atoms with van der Waals surface area (Å²) in [5, 5.41) is 2.96. The molecule has 4 heteroatoms. The smallest absolute Gasteiger partial charge is 0.332 e. The van der Waals surface area contributed by atoms with Gasteiger partial charge in [0.15, 0.2) is 0 Å². The van der Waals surface area contributed by atoms with Crippen LogP contribution < -0.4 is 5.32 Å². The lowest BCUT2D eigenvalue weighted by molar-refractivity contribution is -0.137. The highest BCUT2D eigenvalue weighted by atomic mass is 79.9. The van der Waals surface area contributed by atoms with E-state index in [1.54, 1.807) is 13.1 Å². The Morgan fingerprint density at radius 2 is 2.13 bits per heavy atom. The Morgan fingerprint density at radius 3 is 2.73 bits per heavy atom. The molecule has 1 rings (SSSR count). The Hall–Kier alpha value is -1.29. The fourth-order valence-corrected chi connectivity index (χ4v) is 1.21. The SMILES string of the molecule is CCOC(=O)/C=C\Nc1ccc(Br)cc1. The van der Waals surface area contributed by atoms with Crippen LogP contribution in [0.4, 0.5) is 5.69 Å². The lowest BCUT2D eigenvalue weighted by atomic mass is 10.3. The van der Waals surface area contributed by atoms with Gasteiger partial charge in [0.2, 0.25) is 0 Å². The minimum atomic E-state index is -0.345. The fraction of sp³-hybridized carbons (Fsp3) is 0.182. The van der Waals surface area contributed by atoms with Gasteiger partial charge in [0.05, 0.1) is 6.61 Å². The van der Waals surface area contributed by atoms with Gasteiger partial charge in [-0.05, 0) is 31.2 Å². The standard InChI is InChI=1S/C11H12BrNO2/c1-2-15-11(14)7-8-13-10-5-3-9(12)4-6-10/h3-8,13H,2H2,1H3/b8-7-. The number of anilines is 1. The molecule has 1 aromatic rings. The van der Waals surface area contributed by atoms with Crippen LogP contribution in [0.2, 0.25) is 0 Å². The van der Waals surface area contributed by atoms with E-state index in [0.717, 1.165) is 10.2 Å². The van der Waals surface area contributed by atoms with Gasteiger partial charge in [-0.2, -0.15) is 0 Å². The van der Waals surface area contributed by atoms with Crippen LogP contribution in [0.15, 0.2) is 41.0 Å². The average molecular weight is 270 g/mol. The first-order chi connectivity index (χ1) is 7.22. The van der Waals surface area contributed by atoms with E-state index in [0.29, 0.717) is 6.61 Å². The van der Waals surface area contributed by atoms with E-state index >= 15 is 0 Å². The van der Waals surface area contributed by atoms with E-state index in [4.69, 9.17) is 4.74 Å². The first kappa shape index (κ1) is 11.8. The fourth-order valence-electron chi connectivity index (χ4n) is 0.942. The first-order valence-corrected chi connectivity index (χ1v) is 5.37. The molecule has 80 valence electrons. The van der Waals surface area contributed by atoms with Crippen LogP contribution in [0.1, 0.15) is 6.92 Å². The molecule has 15 heavy (non-hydrogen) atoms. The molecule has 0 aliphatic rings. The first-order valence-electron chi connectivity index (χ1n) is 4.58. The molecule has 0 atom stereocenters. The maximum absolute atomic E-state index is 10.9. The van der Waals surface area contributed by atoms with Crippen molar-refractivity contribution in [3.63, 3.8) is 0 Å². The van der Waals surface area contributed by atoms with Crippen molar-refractivity contribution in [1.82, 2.24) is 0 Å². The highest BCUT2D eigenvalue weighted by Gasteiger charge is 1.92. The lowest BCUT2D eigenvalue weighted by Crippen LogP contribution is -2.00. The molecule has 0 saturated heterocycles. The van der Waals surface area contributed by atoms with E-state index in [2.05, 4.69) is 21.2 Å². The molecule has 0 heterocycles. The number of carbonyl (C=O) groups excluding carboxylic acids is 1. The zero-order valence-corrected chi connectivity index (χ0v) is 9.95. The van der Waals surface area contributed by atoms with Crippen molar-refractivity contribution in [2.24, 2.45) is 0 Å². The predicted molar refractivity (Wildman–Crippen MR) is 63.5 cm³/mol. The van der Waals surface area contributed by atoms with Crippen LogP contribution in [0.25, 0.3) is 0 Å². The highest BCUT2D eigenvalue weighted by molar-refractivity contribution is 9.10. The van der Waals surface area contributed by atoms with Gasteiger partial charge in [0.25, 0.3) is 0 Å². The molecule has 0 aromatic heterocycles. The largest absolute Gasteiger partial charge is 0.463 e. The Morgan fingerprint density at radius 1 is 1.47 bits per heavy atom. The van der Waals surface area contributed by atoms with Crippen LogP contribution in [-0.2, 0) is 9.53 Å². The predicted octanol–water partition coefficient (Wildman–Crippen LogP) is 2.94. The molecule has 1 aromatic carbocycles. The van der Waals surface area contributed by atoms with Crippen molar-refractivity contribution in [2.75, 3.05) is 11.9 Å². The summed E-state index contributed by atoms with van der Waals surface area (Å²) in [6, 6.07) is 7.64. The quantitative estimate of drug-likeness (QED) is 0.675. The van der Waals surface area contributed by atoms with Gasteiger partial charge >= 0.3 is 5.97 Å². The van der Waals surface area contributed by atoms with E-state index in [1.165, 1.54) is 6.08 Å². The number of hydrogen-bond acceptors (Lipinski definition) is 3. The maximum atomic E-state index is 10.9. The van der Waals surface area contributed by atoms with Crippen molar-refractivity contribution in [3.05, 3.63) is 41.0 Å². The molecule has 0 radical (unpaired) electrons. The number of carbonyl (C=O) groups is 1. The minimum Gasteiger partial charge on any atom is -0.463 e. The third-order valence-electron chi connectivity index (χ3n) is 1.60. The van der Waals surface area contributed by atoms with Crippen LogP contribution in [0, 0.1) is 0 Å². The third-order valence-corrected chi connectivity index (χ3v) is 2.13. The average Bonchev–Trinajstić information content (AvgIpc) is 2.21. The molecule has 0 aliphatic carbocycles. The molecule has 0 saturated carbocycles. The maximum Gasteiger partial charge on any atom is 0.332 e. The number of halogens is 1. The summed E-state index contributed by atoms with van der Waals surface area (Å²) in [6.07, 6.45) is 2.91. The van der Waals surface area contributed by atoms with Gasteiger partial charge in [-0.1, -0.05) is 15.9 Å². The third kappa shape index (κ3) is 4.65. The molecular weight excluding hydrogens is 258 g/mol. The van der Waals surface area contributed by atoms with Crippen molar-refractivity contribution in [2.45, 2.75) is 6.92 Å². The summed E-state index contributed by atoms with van der Waals surface area (Å²) in [5.74, 6) is -0.345. The van der Waals surface area contributed by atoms with Gasteiger partial charge in [0.1, 0.15) is 0 Å². The van der Waals surface area contributed by atoms with Crippen LogP contribution in [-0.4, -0.2) is 12.6 Å². The summed E-state index contributed by atoms with van der Waals surface area (Å²) in [4.78, 5) is 10.9. The molecule has 3 nitrogen and oxygen atoms in total. The van der Waals surface area contributed by atoms with Crippen LogP contribution in [0.5, 0.6) is 0 Å². The number of esters is 1. The molecule has 0 fully saturated rings. The second-order valence-corrected chi connectivity index (χ2v) is 3.65. The second-order valence-electron chi connectivity index (χ2n) is 2.74. The summed E-state index contributed by atoms with van der Waals surface area (Å²) in [6.45, 7) is 2.16. The number of ether oxygens (including phenoxy) is 1. The van der Waals surface area contributed by atoms with E-state index in [1.807, 2.05) is 24.3 Å². The number of benzene rings is 1. The monoisotopic (exact) mass is 269 g/mol. The topological polar surface area (TPSA) is 38.3 Å². The van der Waals surface area contributed by atoms with Gasteiger partial charge in [-0.3, -0.25) is 0 Å². The lowest BCUT2D eigenvalue weighted by Gasteiger charge is -2.00. The molecule has 0 bridgehead atoms. The summed E-state index contributed by atoms with van der Waals surface area (Å²) >= 11 is 3.34. The van der Waals surface area contributed by atoms with Crippen LogP contribution in [0.3, 0.4) is 0 Å². The highest BCUT2D eigenvalue weighted by Crippen LogP contribution is 2.13. The molecule has 0 amide bonds. The minimum absolute atomic E-state index is 0.345.